The van der Waals surface area contributed by atoms with Gasteiger partial charge in [0.15, 0.2) is 5.96 Å². The van der Waals surface area contributed by atoms with Crippen molar-refractivity contribution in [2.75, 3.05) is 24.5 Å². The van der Waals surface area contributed by atoms with Crippen LogP contribution in [0.2, 0.25) is 0 Å². The van der Waals surface area contributed by atoms with Crippen LogP contribution in [0, 0.1) is 5.92 Å². The van der Waals surface area contributed by atoms with Gasteiger partial charge in [0, 0.05) is 37.4 Å². The molecule has 0 aliphatic carbocycles. The fourth-order valence-electron chi connectivity index (χ4n) is 4.34. The van der Waals surface area contributed by atoms with Crippen LogP contribution in [0.3, 0.4) is 0 Å². The van der Waals surface area contributed by atoms with Crippen molar-refractivity contribution < 1.29 is 0 Å². The standard InChI is InChI=1S/C23H26N8/c1-15(2)20-13-30(22-17-8-10-26-21(17)27-14-28-22)11-12-31(20)23(24)29-19-7-3-6-18-16(19)5-4-9-25-18/h3-10,14-15,20H,11-13H2,1-2H3,(H2,24,29)(H,26,27,28). The molecule has 8 heteroatoms. The highest BCUT2D eigenvalue weighted by Crippen LogP contribution is 2.28. The third-order valence-corrected chi connectivity index (χ3v) is 5.97. The molecule has 158 valence electrons. The minimum atomic E-state index is 0.217. The predicted molar refractivity (Wildman–Crippen MR) is 124 cm³/mol. The monoisotopic (exact) mass is 414 g/mol. The molecule has 1 atom stereocenters. The number of aliphatic imine (C=N–C) groups is 1. The number of fused-ring (bicyclic) bond motifs is 2. The molecular formula is C23H26N8. The zero-order valence-corrected chi connectivity index (χ0v) is 17.7. The Morgan fingerprint density at radius 1 is 1.10 bits per heavy atom. The van der Waals surface area contributed by atoms with Crippen molar-refractivity contribution in [1.29, 1.82) is 0 Å². The van der Waals surface area contributed by atoms with Crippen LogP contribution in [0.25, 0.3) is 21.9 Å². The maximum atomic E-state index is 6.56. The fourth-order valence-corrected chi connectivity index (χ4v) is 4.34. The number of hydrogen-bond donors (Lipinski definition) is 2. The van der Waals surface area contributed by atoms with Gasteiger partial charge in [0.25, 0.3) is 0 Å². The van der Waals surface area contributed by atoms with Gasteiger partial charge in [-0.1, -0.05) is 19.9 Å². The molecule has 0 bridgehead atoms. The van der Waals surface area contributed by atoms with E-state index in [1.807, 2.05) is 42.6 Å². The third-order valence-electron chi connectivity index (χ3n) is 5.97. The second-order valence-electron chi connectivity index (χ2n) is 8.21. The van der Waals surface area contributed by atoms with E-state index in [1.165, 1.54) is 0 Å². The molecular weight excluding hydrogens is 388 g/mol. The van der Waals surface area contributed by atoms with Gasteiger partial charge in [0.1, 0.15) is 17.8 Å². The third kappa shape index (κ3) is 3.54. The lowest BCUT2D eigenvalue weighted by Crippen LogP contribution is -2.59. The number of rotatable bonds is 3. The Balaban J connectivity index is 1.45. The number of nitrogens with two attached hydrogens (primary N) is 1. The van der Waals surface area contributed by atoms with Crippen LogP contribution in [0.1, 0.15) is 13.8 Å². The van der Waals surface area contributed by atoms with E-state index in [0.717, 1.165) is 53.1 Å². The van der Waals surface area contributed by atoms with Gasteiger partial charge in [0.2, 0.25) is 0 Å². The number of hydrogen-bond acceptors (Lipinski definition) is 5. The molecule has 5 rings (SSSR count). The summed E-state index contributed by atoms with van der Waals surface area (Å²) in [5.74, 6) is 1.91. The first-order chi connectivity index (χ1) is 15.1. The number of H-pyrrole nitrogens is 1. The highest BCUT2D eigenvalue weighted by atomic mass is 15.4. The summed E-state index contributed by atoms with van der Waals surface area (Å²) in [5.41, 5.74) is 9.19. The van der Waals surface area contributed by atoms with Crippen molar-refractivity contribution in [3.63, 3.8) is 0 Å². The van der Waals surface area contributed by atoms with Crippen LogP contribution in [-0.2, 0) is 0 Å². The van der Waals surface area contributed by atoms with E-state index in [4.69, 9.17) is 10.7 Å². The van der Waals surface area contributed by atoms with Crippen LogP contribution in [0.15, 0.2) is 60.1 Å². The van der Waals surface area contributed by atoms with Gasteiger partial charge in [-0.3, -0.25) is 4.98 Å². The Morgan fingerprint density at radius 3 is 2.87 bits per heavy atom. The molecule has 1 fully saturated rings. The first-order valence-corrected chi connectivity index (χ1v) is 10.6. The lowest BCUT2D eigenvalue weighted by atomic mass is 9.99. The summed E-state index contributed by atoms with van der Waals surface area (Å²) in [5, 5.41) is 2.05. The molecule has 1 saturated heterocycles. The lowest BCUT2D eigenvalue weighted by Gasteiger charge is -2.44. The number of aromatic amines is 1. The second-order valence-corrected chi connectivity index (χ2v) is 8.21. The van der Waals surface area contributed by atoms with Gasteiger partial charge < -0.3 is 20.5 Å². The molecule has 0 spiro atoms. The largest absolute Gasteiger partial charge is 0.369 e. The predicted octanol–water partition coefficient (Wildman–Crippen LogP) is 3.30. The summed E-state index contributed by atoms with van der Waals surface area (Å²) in [6.45, 7) is 6.86. The molecule has 0 radical (unpaired) electrons. The molecule has 1 unspecified atom stereocenters. The van der Waals surface area contributed by atoms with Gasteiger partial charge in [-0.25, -0.2) is 15.0 Å². The summed E-state index contributed by atoms with van der Waals surface area (Å²) in [6, 6.07) is 12.2. The van der Waals surface area contributed by atoms with Crippen LogP contribution in [0.4, 0.5) is 11.5 Å². The van der Waals surface area contributed by atoms with Crippen molar-refractivity contribution in [2.45, 2.75) is 19.9 Å². The Kier molecular flexibility index (Phi) is 4.89. The molecule has 3 aromatic heterocycles. The van der Waals surface area contributed by atoms with E-state index in [2.05, 4.69) is 43.6 Å². The van der Waals surface area contributed by atoms with Gasteiger partial charge >= 0.3 is 0 Å². The van der Waals surface area contributed by atoms with E-state index in [-0.39, 0.29) is 6.04 Å². The van der Waals surface area contributed by atoms with Crippen molar-refractivity contribution in [2.24, 2.45) is 16.6 Å². The Bertz CT molecular complexity index is 1240. The average molecular weight is 415 g/mol. The molecule has 3 N–H and O–H groups in total. The highest BCUT2D eigenvalue weighted by Gasteiger charge is 2.32. The molecule has 4 aromatic rings. The molecule has 1 aliphatic rings. The van der Waals surface area contributed by atoms with Crippen molar-refractivity contribution in [1.82, 2.24) is 24.8 Å². The minimum Gasteiger partial charge on any atom is -0.369 e. The summed E-state index contributed by atoms with van der Waals surface area (Å²) in [4.78, 5) is 25.9. The van der Waals surface area contributed by atoms with Crippen LogP contribution < -0.4 is 10.6 Å². The number of guanidine groups is 1. The molecule has 1 aromatic carbocycles. The number of nitrogens with one attached hydrogen (secondary N) is 1. The van der Waals surface area contributed by atoms with E-state index in [0.29, 0.717) is 11.9 Å². The second kappa shape index (κ2) is 7.86. The van der Waals surface area contributed by atoms with Gasteiger partial charge in [-0.05, 0) is 36.2 Å². The number of aromatic nitrogens is 4. The zero-order valence-electron chi connectivity index (χ0n) is 17.7. The minimum absolute atomic E-state index is 0.217. The molecule has 0 amide bonds. The first kappa shape index (κ1) is 19.3. The Morgan fingerprint density at radius 2 is 2.00 bits per heavy atom. The van der Waals surface area contributed by atoms with Gasteiger partial charge in [-0.15, -0.1) is 0 Å². The summed E-state index contributed by atoms with van der Waals surface area (Å²) < 4.78 is 0. The quantitative estimate of drug-likeness (QED) is 0.394. The maximum absolute atomic E-state index is 6.56. The summed E-state index contributed by atoms with van der Waals surface area (Å²) in [6.07, 6.45) is 5.32. The lowest BCUT2D eigenvalue weighted by molar-refractivity contribution is 0.222. The van der Waals surface area contributed by atoms with E-state index >= 15 is 0 Å². The topological polar surface area (TPSA) is 99.3 Å². The normalized spacial score (nSPS) is 17.8. The number of nitrogens with zero attached hydrogens (tertiary/aromatic N) is 6. The maximum Gasteiger partial charge on any atom is 0.196 e. The van der Waals surface area contributed by atoms with Crippen LogP contribution in [-0.4, -0.2) is 56.5 Å². The number of anilines is 1. The van der Waals surface area contributed by atoms with Crippen LogP contribution >= 0.6 is 0 Å². The molecule has 31 heavy (non-hydrogen) atoms. The van der Waals surface area contributed by atoms with Gasteiger partial charge in [-0.2, -0.15) is 0 Å². The number of pyridine rings is 1. The van der Waals surface area contributed by atoms with E-state index in [1.54, 1.807) is 12.5 Å². The van der Waals surface area contributed by atoms with Crippen molar-refractivity contribution in [3.05, 3.63) is 55.1 Å². The summed E-state index contributed by atoms with van der Waals surface area (Å²) >= 11 is 0. The molecule has 0 saturated carbocycles. The number of benzene rings is 1. The average Bonchev–Trinajstić information content (AvgIpc) is 3.28. The SMILES string of the molecule is CC(C)C1CN(c2ncnc3[nH]ccc23)CCN1C(N)=Nc1cccc2ncccc12. The molecule has 1 aliphatic heterocycles. The van der Waals surface area contributed by atoms with Crippen molar-refractivity contribution in [3.8, 4) is 0 Å². The first-order valence-electron chi connectivity index (χ1n) is 10.6. The Hall–Kier alpha value is -3.68. The van der Waals surface area contributed by atoms with E-state index < -0.39 is 0 Å². The highest BCUT2D eigenvalue weighted by molar-refractivity contribution is 5.93. The van der Waals surface area contributed by atoms with Crippen molar-refractivity contribution >= 4 is 39.4 Å². The molecule has 4 heterocycles. The zero-order chi connectivity index (χ0) is 21.4. The number of piperazine rings is 1. The Labute approximate surface area is 180 Å². The van der Waals surface area contributed by atoms with E-state index in [9.17, 15) is 0 Å². The van der Waals surface area contributed by atoms with Crippen LogP contribution in [0.5, 0.6) is 0 Å². The fraction of sp³-hybridized carbons (Fsp3) is 0.304. The summed E-state index contributed by atoms with van der Waals surface area (Å²) in [7, 11) is 0. The smallest absolute Gasteiger partial charge is 0.196 e. The van der Waals surface area contributed by atoms with Gasteiger partial charge in [0.05, 0.1) is 22.6 Å². The molecule has 8 nitrogen and oxygen atoms in total.